The van der Waals surface area contributed by atoms with E-state index in [2.05, 4.69) is 0 Å². The van der Waals surface area contributed by atoms with Gasteiger partial charge in [0.1, 0.15) is 17.3 Å². The van der Waals surface area contributed by atoms with Gasteiger partial charge in [-0.1, -0.05) is 18.2 Å². The van der Waals surface area contributed by atoms with Crippen LogP contribution < -0.4 is 4.74 Å². The zero-order chi connectivity index (χ0) is 12.1. The molecule has 0 saturated carbocycles. The number of halogens is 1. The maximum atomic E-state index is 13.3. The van der Waals surface area contributed by atoms with Crippen molar-refractivity contribution >= 4 is 0 Å². The molecule has 0 bridgehead atoms. The summed E-state index contributed by atoms with van der Waals surface area (Å²) in [5.41, 5.74) is 0.645. The number of rotatable bonds is 4. The van der Waals surface area contributed by atoms with Crippen molar-refractivity contribution in [2.24, 2.45) is 0 Å². The van der Waals surface area contributed by atoms with Crippen LogP contribution in [-0.2, 0) is 6.42 Å². The number of phenols is 1. The Kier molecular flexibility index (Phi) is 3.60. The van der Waals surface area contributed by atoms with Gasteiger partial charge in [-0.25, -0.2) is 4.39 Å². The van der Waals surface area contributed by atoms with Crippen LogP contribution in [-0.4, -0.2) is 11.7 Å². The quantitative estimate of drug-likeness (QED) is 0.877. The molecule has 2 aromatic rings. The van der Waals surface area contributed by atoms with Gasteiger partial charge in [0.15, 0.2) is 0 Å². The van der Waals surface area contributed by atoms with Gasteiger partial charge < -0.3 is 9.84 Å². The van der Waals surface area contributed by atoms with Crippen molar-refractivity contribution < 1.29 is 14.2 Å². The molecule has 2 rings (SSSR count). The number of phenolic OH excluding ortho intramolecular Hbond substituents is 1. The van der Waals surface area contributed by atoms with Crippen LogP contribution in [0.4, 0.5) is 4.39 Å². The van der Waals surface area contributed by atoms with Crippen molar-refractivity contribution in [1.29, 1.82) is 0 Å². The molecule has 0 fully saturated rings. The van der Waals surface area contributed by atoms with Gasteiger partial charge in [0.25, 0.3) is 0 Å². The molecule has 0 saturated heterocycles. The monoisotopic (exact) mass is 232 g/mol. The van der Waals surface area contributed by atoms with E-state index in [4.69, 9.17) is 9.84 Å². The summed E-state index contributed by atoms with van der Waals surface area (Å²) in [6.45, 7) is 0.408. The second-order valence-electron chi connectivity index (χ2n) is 3.68. The van der Waals surface area contributed by atoms with Gasteiger partial charge >= 0.3 is 0 Å². The standard InChI is InChI=1S/C14H13FO2/c15-14-4-2-1-3-11(14)9-10-17-13-7-5-12(16)6-8-13/h1-8,16H,9-10H2. The fourth-order valence-corrected chi connectivity index (χ4v) is 1.52. The number of hydrogen-bond acceptors (Lipinski definition) is 2. The molecule has 0 aromatic heterocycles. The smallest absolute Gasteiger partial charge is 0.126 e. The van der Waals surface area contributed by atoms with E-state index in [1.165, 1.54) is 6.07 Å². The molecule has 17 heavy (non-hydrogen) atoms. The lowest BCUT2D eigenvalue weighted by Gasteiger charge is -2.06. The van der Waals surface area contributed by atoms with E-state index in [0.29, 0.717) is 24.3 Å². The fraction of sp³-hybridized carbons (Fsp3) is 0.143. The van der Waals surface area contributed by atoms with Crippen LogP contribution in [0, 0.1) is 5.82 Å². The van der Waals surface area contributed by atoms with Crippen LogP contribution in [0.3, 0.4) is 0 Å². The van der Waals surface area contributed by atoms with Crippen molar-refractivity contribution in [3.05, 3.63) is 59.9 Å². The van der Waals surface area contributed by atoms with Crippen molar-refractivity contribution in [2.45, 2.75) is 6.42 Å². The molecule has 0 atom stereocenters. The molecule has 0 unspecified atom stereocenters. The first kappa shape index (κ1) is 11.5. The summed E-state index contributed by atoms with van der Waals surface area (Å²) in [7, 11) is 0. The van der Waals surface area contributed by atoms with Crippen molar-refractivity contribution in [3.63, 3.8) is 0 Å². The van der Waals surface area contributed by atoms with Crippen LogP contribution in [0.5, 0.6) is 11.5 Å². The zero-order valence-electron chi connectivity index (χ0n) is 9.27. The Bertz CT molecular complexity index is 480. The summed E-state index contributed by atoms with van der Waals surface area (Å²) in [6.07, 6.45) is 0.521. The first-order valence-corrected chi connectivity index (χ1v) is 5.41. The molecule has 0 heterocycles. The highest BCUT2D eigenvalue weighted by Crippen LogP contribution is 2.16. The lowest BCUT2D eigenvalue weighted by atomic mass is 10.1. The van der Waals surface area contributed by atoms with E-state index in [1.54, 1.807) is 42.5 Å². The van der Waals surface area contributed by atoms with E-state index < -0.39 is 0 Å². The van der Waals surface area contributed by atoms with Crippen LogP contribution >= 0.6 is 0 Å². The summed E-state index contributed by atoms with van der Waals surface area (Å²) >= 11 is 0. The summed E-state index contributed by atoms with van der Waals surface area (Å²) < 4.78 is 18.7. The van der Waals surface area contributed by atoms with Gasteiger partial charge in [-0.05, 0) is 35.9 Å². The van der Waals surface area contributed by atoms with Crippen LogP contribution in [0.1, 0.15) is 5.56 Å². The molecule has 0 aliphatic rings. The molecular formula is C14H13FO2. The van der Waals surface area contributed by atoms with E-state index in [-0.39, 0.29) is 11.6 Å². The summed E-state index contributed by atoms with van der Waals surface area (Å²) in [5.74, 6) is 0.660. The summed E-state index contributed by atoms with van der Waals surface area (Å²) in [6, 6.07) is 13.1. The third-order valence-corrected chi connectivity index (χ3v) is 2.43. The Morgan fingerprint density at radius 1 is 1.00 bits per heavy atom. The number of ether oxygens (including phenoxy) is 1. The third-order valence-electron chi connectivity index (χ3n) is 2.43. The highest BCUT2D eigenvalue weighted by molar-refractivity contribution is 5.30. The largest absolute Gasteiger partial charge is 0.508 e. The van der Waals surface area contributed by atoms with Gasteiger partial charge in [0.2, 0.25) is 0 Å². The average Bonchev–Trinajstić information content (AvgIpc) is 2.34. The Morgan fingerprint density at radius 3 is 2.41 bits per heavy atom. The van der Waals surface area contributed by atoms with Gasteiger partial charge in [-0.2, -0.15) is 0 Å². The summed E-state index contributed by atoms with van der Waals surface area (Å²) in [5, 5.41) is 9.09. The third kappa shape index (κ3) is 3.21. The first-order valence-electron chi connectivity index (χ1n) is 5.41. The predicted octanol–water partition coefficient (Wildman–Crippen LogP) is 3.15. The number of benzene rings is 2. The van der Waals surface area contributed by atoms with E-state index >= 15 is 0 Å². The van der Waals surface area contributed by atoms with E-state index in [0.717, 1.165) is 0 Å². The lowest BCUT2D eigenvalue weighted by molar-refractivity contribution is 0.319. The average molecular weight is 232 g/mol. The minimum absolute atomic E-state index is 0.200. The highest BCUT2D eigenvalue weighted by Gasteiger charge is 2.00. The lowest BCUT2D eigenvalue weighted by Crippen LogP contribution is -2.02. The van der Waals surface area contributed by atoms with E-state index in [9.17, 15) is 4.39 Å². The molecule has 0 spiro atoms. The minimum Gasteiger partial charge on any atom is -0.508 e. The zero-order valence-corrected chi connectivity index (χ0v) is 9.27. The fourth-order valence-electron chi connectivity index (χ4n) is 1.52. The molecule has 0 aliphatic heterocycles. The molecule has 0 amide bonds. The second-order valence-corrected chi connectivity index (χ2v) is 3.68. The van der Waals surface area contributed by atoms with Gasteiger partial charge in [-0.15, -0.1) is 0 Å². The highest BCUT2D eigenvalue weighted by atomic mass is 19.1. The molecular weight excluding hydrogens is 219 g/mol. The Hall–Kier alpha value is -2.03. The van der Waals surface area contributed by atoms with Crippen LogP contribution in [0.2, 0.25) is 0 Å². The molecule has 0 radical (unpaired) electrons. The van der Waals surface area contributed by atoms with Gasteiger partial charge in [0, 0.05) is 6.42 Å². The molecule has 0 aliphatic carbocycles. The Balaban J connectivity index is 1.88. The van der Waals surface area contributed by atoms with Crippen molar-refractivity contribution in [3.8, 4) is 11.5 Å². The Morgan fingerprint density at radius 2 is 1.71 bits per heavy atom. The van der Waals surface area contributed by atoms with Crippen molar-refractivity contribution in [1.82, 2.24) is 0 Å². The van der Waals surface area contributed by atoms with Gasteiger partial charge in [-0.3, -0.25) is 0 Å². The minimum atomic E-state index is -0.207. The number of hydrogen-bond donors (Lipinski definition) is 1. The van der Waals surface area contributed by atoms with Crippen LogP contribution in [0.15, 0.2) is 48.5 Å². The first-order chi connectivity index (χ1) is 8.25. The predicted molar refractivity (Wildman–Crippen MR) is 63.7 cm³/mol. The summed E-state index contributed by atoms with van der Waals surface area (Å²) in [4.78, 5) is 0. The van der Waals surface area contributed by atoms with Crippen LogP contribution in [0.25, 0.3) is 0 Å². The van der Waals surface area contributed by atoms with Gasteiger partial charge in [0.05, 0.1) is 6.61 Å². The SMILES string of the molecule is Oc1ccc(OCCc2ccccc2F)cc1. The second kappa shape index (κ2) is 5.34. The molecule has 88 valence electrons. The maximum absolute atomic E-state index is 13.3. The molecule has 3 heteroatoms. The van der Waals surface area contributed by atoms with Crippen molar-refractivity contribution in [2.75, 3.05) is 6.61 Å². The normalized spacial score (nSPS) is 10.2. The number of aromatic hydroxyl groups is 1. The topological polar surface area (TPSA) is 29.5 Å². The molecule has 2 aromatic carbocycles. The molecule has 2 nitrogen and oxygen atoms in total. The Labute approximate surface area is 99.3 Å². The molecule has 1 N–H and O–H groups in total. The maximum Gasteiger partial charge on any atom is 0.126 e. The van der Waals surface area contributed by atoms with E-state index in [1.807, 2.05) is 0 Å².